The first-order valence-corrected chi connectivity index (χ1v) is 9.54. The number of ether oxygens (including phenoxy) is 1. The van der Waals surface area contributed by atoms with Gasteiger partial charge in [0.05, 0.1) is 19.3 Å². The summed E-state index contributed by atoms with van der Waals surface area (Å²) in [6.07, 6.45) is 3.72. The maximum atomic E-state index is 9.28. The van der Waals surface area contributed by atoms with E-state index in [0.29, 0.717) is 18.4 Å². The molecule has 0 aliphatic heterocycles. The summed E-state index contributed by atoms with van der Waals surface area (Å²) in [5, 5.41) is 16.0. The molecule has 6 nitrogen and oxygen atoms in total. The first kappa shape index (κ1) is 25.9. The third-order valence-corrected chi connectivity index (χ3v) is 4.38. The lowest BCUT2D eigenvalue weighted by Gasteiger charge is -2.20. The normalized spacial score (nSPS) is 12.5. The Morgan fingerprint density at radius 1 is 1.30 bits per heavy atom. The minimum absolute atomic E-state index is 0. The summed E-state index contributed by atoms with van der Waals surface area (Å²) < 4.78 is 5.47. The molecule has 1 aromatic heterocycles. The van der Waals surface area contributed by atoms with Crippen molar-refractivity contribution in [3.8, 4) is 5.75 Å². The Kier molecular flexibility index (Phi) is 13.4. The molecule has 0 fully saturated rings. The van der Waals surface area contributed by atoms with E-state index >= 15 is 0 Å². The van der Waals surface area contributed by atoms with Gasteiger partial charge >= 0.3 is 0 Å². The van der Waals surface area contributed by atoms with Gasteiger partial charge in [0.25, 0.3) is 0 Å². The van der Waals surface area contributed by atoms with E-state index in [1.807, 2.05) is 20.0 Å². The number of aliphatic imine (C=N–C) groups is 1. The van der Waals surface area contributed by atoms with Crippen LogP contribution in [-0.2, 0) is 6.54 Å². The highest BCUT2D eigenvalue weighted by Crippen LogP contribution is 2.24. The molecule has 0 amide bonds. The van der Waals surface area contributed by atoms with E-state index in [-0.39, 0.29) is 30.6 Å². The molecule has 0 aromatic carbocycles. The van der Waals surface area contributed by atoms with Gasteiger partial charge in [-0.2, -0.15) is 0 Å². The number of aryl methyl sites for hydroxylation is 1. The smallest absolute Gasteiger partial charge is 0.191 e. The zero-order valence-electron chi connectivity index (χ0n) is 17.6. The van der Waals surface area contributed by atoms with Gasteiger partial charge in [-0.25, -0.2) is 4.99 Å². The van der Waals surface area contributed by atoms with Gasteiger partial charge < -0.3 is 20.5 Å². The first-order chi connectivity index (χ1) is 12.4. The van der Waals surface area contributed by atoms with Crippen molar-refractivity contribution in [2.45, 2.75) is 54.0 Å². The summed E-state index contributed by atoms with van der Waals surface area (Å²) in [5.41, 5.74) is 2.98. The summed E-state index contributed by atoms with van der Waals surface area (Å²) in [6.45, 7) is 12.8. The third kappa shape index (κ3) is 9.10. The molecule has 1 aromatic rings. The maximum Gasteiger partial charge on any atom is 0.191 e. The second-order valence-electron chi connectivity index (χ2n) is 7.13. The van der Waals surface area contributed by atoms with Crippen LogP contribution in [-0.4, -0.2) is 42.9 Å². The number of nitrogens with one attached hydrogen (secondary N) is 2. The van der Waals surface area contributed by atoms with Crippen LogP contribution >= 0.6 is 24.0 Å². The number of guanidine groups is 1. The second-order valence-corrected chi connectivity index (χ2v) is 7.13. The van der Waals surface area contributed by atoms with E-state index in [1.165, 1.54) is 0 Å². The van der Waals surface area contributed by atoms with Crippen LogP contribution in [0.1, 0.15) is 50.4 Å². The van der Waals surface area contributed by atoms with Crippen molar-refractivity contribution >= 4 is 29.9 Å². The zero-order valence-corrected chi connectivity index (χ0v) is 20.0. The van der Waals surface area contributed by atoms with Crippen molar-refractivity contribution in [3.05, 3.63) is 23.0 Å². The molecular formula is C20H37IN4O2. The number of hydrogen-bond acceptors (Lipinski definition) is 4. The van der Waals surface area contributed by atoms with Gasteiger partial charge in [0.1, 0.15) is 5.75 Å². The summed E-state index contributed by atoms with van der Waals surface area (Å²) in [6, 6.07) is 0. The lowest BCUT2D eigenvalue weighted by molar-refractivity contribution is 0.243. The Morgan fingerprint density at radius 3 is 2.56 bits per heavy atom. The fourth-order valence-corrected chi connectivity index (χ4v) is 3.12. The Morgan fingerprint density at radius 2 is 2.00 bits per heavy atom. The number of halogens is 1. The van der Waals surface area contributed by atoms with Crippen molar-refractivity contribution in [1.82, 2.24) is 15.6 Å². The largest absolute Gasteiger partial charge is 0.496 e. The van der Waals surface area contributed by atoms with Gasteiger partial charge in [-0.15, -0.1) is 24.0 Å². The van der Waals surface area contributed by atoms with Gasteiger partial charge in [-0.3, -0.25) is 4.98 Å². The van der Waals surface area contributed by atoms with E-state index in [1.54, 1.807) is 7.11 Å². The average Bonchev–Trinajstić information content (AvgIpc) is 2.58. The van der Waals surface area contributed by atoms with E-state index in [4.69, 9.17) is 4.74 Å². The maximum absolute atomic E-state index is 9.28. The fraction of sp³-hybridized carbons (Fsp3) is 0.700. The number of hydrogen-bond donors (Lipinski definition) is 3. The van der Waals surface area contributed by atoms with E-state index in [2.05, 4.69) is 41.4 Å². The molecular weight excluding hydrogens is 455 g/mol. The van der Waals surface area contributed by atoms with Crippen molar-refractivity contribution < 1.29 is 9.84 Å². The summed E-state index contributed by atoms with van der Waals surface area (Å²) in [4.78, 5) is 9.18. The van der Waals surface area contributed by atoms with Crippen LogP contribution in [0, 0.1) is 25.7 Å². The lowest BCUT2D eigenvalue weighted by atomic mass is 9.94. The molecule has 0 bridgehead atoms. The molecule has 0 saturated heterocycles. The number of pyridine rings is 1. The Bertz CT molecular complexity index is 579. The average molecular weight is 492 g/mol. The van der Waals surface area contributed by atoms with Crippen LogP contribution in [0.15, 0.2) is 11.2 Å². The molecule has 3 N–H and O–H groups in total. The first-order valence-electron chi connectivity index (χ1n) is 9.54. The SMILES string of the molecule is CCNC(=NCc1ncc(C)c(OC)c1C)NCC(CCO)CC(C)C.I. The van der Waals surface area contributed by atoms with Crippen molar-refractivity contribution in [1.29, 1.82) is 0 Å². The van der Waals surface area contributed by atoms with Gasteiger partial charge in [0, 0.05) is 37.0 Å². The fourth-order valence-electron chi connectivity index (χ4n) is 3.12. The van der Waals surface area contributed by atoms with Gasteiger partial charge in [0.15, 0.2) is 5.96 Å². The van der Waals surface area contributed by atoms with Crippen LogP contribution in [0.4, 0.5) is 0 Å². The van der Waals surface area contributed by atoms with Crippen molar-refractivity contribution in [2.24, 2.45) is 16.8 Å². The Hall–Kier alpha value is -1.09. The van der Waals surface area contributed by atoms with Gasteiger partial charge in [0.2, 0.25) is 0 Å². The second kappa shape index (κ2) is 14.0. The summed E-state index contributed by atoms with van der Waals surface area (Å²) in [5.74, 6) is 2.70. The molecule has 1 unspecified atom stereocenters. The number of aliphatic hydroxyl groups excluding tert-OH is 1. The topological polar surface area (TPSA) is 78.8 Å². The minimum atomic E-state index is 0. The number of aliphatic hydroxyl groups is 1. The van der Waals surface area contributed by atoms with Crippen molar-refractivity contribution in [3.63, 3.8) is 0 Å². The quantitative estimate of drug-likeness (QED) is 0.265. The predicted octanol–water partition coefficient (Wildman–Crippen LogP) is 3.42. The predicted molar refractivity (Wildman–Crippen MR) is 123 cm³/mol. The highest BCUT2D eigenvalue weighted by atomic mass is 127. The molecule has 7 heteroatoms. The highest BCUT2D eigenvalue weighted by Gasteiger charge is 2.12. The van der Waals surface area contributed by atoms with Gasteiger partial charge in [-0.1, -0.05) is 13.8 Å². The Balaban J connectivity index is 0.00000676. The molecule has 0 aliphatic rings. The molecule has 156 valence electrons. The van der Waals surface area contributed by atoms with Crippen LogP contribution in [0.5, 0.6) is 5.75 Å². The Labute approximate surface area is 181 Å². The van der Waals surface area contributed by atoms with Crippen LogP contribution in [0.3, 0.4) is 0 Å². The summed E-state index contributed by atoms with van der Waals surface area (Å²) in [7, 11) is 1.68. The lowest BCUT2D eigenvalue weighted by Crippen LogP contribution is -2.40. The molecule has 1 heterocycles. The summed E-state index contributed by atoms with van der Waals surface area (Å²) >= 11 is 0. The van der Waals surface area contributed by atoms with E-state index in [9.17, 15) is 5.11 Å². The van der Waals surface area contributed by atoms with E-state index < -0.39 is 0 Å². The minimum Gasteiger partial charge on any atom is -0.496 e. The number of methoxy groups -OCH3 is 1. The molecule has 0 spiro atoms. The number of rotatable bonds is 10. The van der Waals surface area contributed by atoms with E-state index in [0.717, 1.165) is 54.5 Å². The van der Waals surface area contributed by atoms with Crippen LogP contribution in [0.25, 0.3) is 0 Å². The third-order valence-electron chi connectivity index (χ3n) is 4.38. The highest BCUT2D eigenvalue weighted by molar-refractivity contribution is 14.0. The standard InChI is InChI=1S/C20H36N4O2.HI/c1-7-21-20(23-12-17(8-9-25)10-14(2)3)24-13-18-16(5)19(26-6)15(4)11-22-18;/h11,14,17,25H,7-10,12-13H2,1-6H3,(H2,21,23,24);1H. The molecule has 0 radical (unpaired) electrons. The molecule has 1 atom stereocenters. The molecule has 0 aliphatic carbocycles. The van der Waals surface area contributed by atoms with Crippen LogP contribution < -0.4 is 15.4 Å². The number of nitrogens with zero attached hydrogens (tertiary/aromatic N) is 2. The van der Waals surface area contributed by atoms with Gasteiger partial charge in [-0.05, 0) is 45.4 Å². The van der Waals surface area contributed by atoms with Crippen molar-refractivity contribution in [2.75, 3.05) is 26.8 Å². The monoisotopic (exact) mass is 492 g/mol. The number of aromatic nitrogens is 1. The molecule has 1 rings (SSSR count). The zero-order chi connectivity index (χ0) is 19.5. The molecule has 0 saturated carbocycles. The van der Waals surface area contributed by atoms with Crippen LogP contribution in [0.2, 0.25) is 0 Å². The molecule has 27 heavy (non-hydrogen) atoms.